The van der Waals surface area contributed by atoms with Gasteiger partial charge in [-0.05, 0) is 62.5 Å². The van der Waals surface area contributed by atoms with Crippen LogP contribution in [-0.2, 0) is 17.8 Å². The van der Waals surface area contributed by atoms with Crippen LogP contribution in [0.25, 0.3) is 0 Å². The first-order valence-corrected chi connectivity index (χ1v) is 16.3. The fourth-order valence-electron chi connectivity index (χ4n) is 5.45. The first kappa shape index (κ1) is 36.6. The number of imide groups is 1. The van der Waals surface area contributed by atoms with E-state index in [1.165, 1.54) is 0 Å². The first-order chi connectivity index (χ1) is 22.8. The molecule has 1 saturated heterocycles. The average Bonchev–Trinajstić information content (AvgIpc) is 3.46. The van der Waals surface area contributed by atoms with Gasteiger partial charge in [-0.3, -0.25) is 9.69 Å². The fourth-order valence-corrected chi connectivity index (χ4v) is 5.91. The molecule has 0 radical (unpaired) electrons. The Morgan fingerprint density at radius 2 is 1.73 bits per heavy atom. The molecule has 2 atom stereocenters. The molecule has 4 rings (SSSR count). The standard InChI is InChI=1S/C34H43ClN4O8S/c1-9-25(29-16-30(37-47-29)46-34(2,3)4)36-33(41)39-19-31(48)38(18-24-27(44-7)14-23(42-5)15-28(24)45-8)17-21(32(39)40)12-20-13-22(35)10-11-26(20)43-6/h10-11,13-16,21,25H,9,12,17-19H2,1-8H3,(H,36,41)/t21-,25-/m1/s1. The topological polar surface area (TPSA) is 125 Å². The Labute approximate surface area is 291 Å². The SMILES string of the molecule is CC[C@@H](NC(=O)N1CC(=S)N(Cc2c(OC)cc(OC)cc2OC)C[C@@H](Cc2cc(Cl)ccc2OC)C1=O)c1cc(OC(C)(C)C)no1. The van der Waals surface area contributed by atoms with Crippen LogP contribution in [0.4, 0.5) is 4.79 Å². The molecule has 14 heteroatoms. The number of aromatic nitrogens is 1. The van der Waals surface area contributed by atoms with E-state index in [9.17, 15) is 9.59 Å². The maximum Gasteiger partial charge on any atom is 0.325 e. The second-order valence-electron chi connectivity index (χ2n) is 12.3. The van der Waals surface area contributed by atoms with E-state index in [4.69, 9.17) is 52.0 Å². The van der Waals surface area contributed by atoms with Gasteiger partial charge in [0.1, 0.15) is 28.6 Å². The van der Waals surface area contributed by atoms with Gasteiger partial charge in [0.25, 0.3) is 5.88 Å². The van der Waals surface area contributed by atoms with E-state index in [1.54, 1.807) is 64.8 Å². The van der Waals surface area contributed by atoms with Crippen LogP contribution in [0.3, 0.4) is 0 Å². The van der Waals surface area contributed by atoms with E-state index in [0.29, 0.717) is 56.6 Å². The molecule has 1 N–H and O–H groups in total. The third-order valence-corrected chi connectivity index (χ3v) is 8.41. The Morgan fingerprint density at radius 1 is 1.06 bits per heavy atom. The number of carbonyl (C=O) groups excluding carboxylic acids is 2. The Kier molecular flexibility index (Phi) is 12.0. The van der Waals surface area contributed by atoms with Gasteiger partial charge < -0.3 is 38.4 Å². The maximum atomic E-state index is 14.3. The number of nitrogens with one attached hydrogen (secondary N) is 1. The number of methoxy groups -OCH3 is 4. The molecule has 260 valence electrons. The lowest BCUT2D eigenvalue weighted by atomic mass is 9.96. The Morgan fingerprint density at radius 3 is 2.31 bits per heavy atom. The van der Waals surface area contributed by atoms with Crippen molar-refractivity contribution in [3.8, 4) is 28.9 Å². The number of benzene rings is 2. The Balaban J connectivity index is 1.68. The fraction of sp³-hybridized carbons (Fsp3) is 0.471. The maximum absolute atomic E-state index is 14.3. The number of hydrogen-bond donors (Lipinski definition) is 1. The van der Waals surface area contributed by atoms with Gasteiger partial charge in [0, 0.05) is 29.8 Å². The van der Waals surface area contributed by atoms with Crippen molar-refractivity contribution in [2.45, 2.75) is 58.7 Å². The van der Waals surface area contributed by atoms with Crippen molar-refractivity contribution in [1.29, 1.82) is 0 Å². The molecule has 2 aromatic carbocycles. The summed E-state index contributed by atoms with van der Waals surface area (Å²) in [7, 11) is 6.22. The first-order valence-electron chi connectivity index (χ1n) is 15.5. The number of thiocarbonyl (C=S) groups is 1. The zero-order chi connectivity index (χ0) is 35.2. The largest absolute Gasteiger partial charge is 0.496 e. The third kappa shape index (κ3) is 8.81. The lowest BCUT2D eigenvalue weighted by Crippen LogP contribution is -2.48. The van der Waals surface area contributed by atoms with Crippen LogP contribution in [0.15, 0.2) is 40.9 Å². The summed E-state index contributed by atoms with van der Waals surface area (Å²) in [5, 5.41) is 7.43. The van der Waals surface area contributed by atoms with E-state index in [2.05, 4.69) is 10.5 Å². The van der Waals surface area contributed by atoms with E-state index in [0.717, 1.165) is 10.5 Å². The molecule has 3 amide bonds. The van der Waals surface area contributed by atoms with Gasteiger partial charge >= 0.3 is 6.03 Å². The second-order valence-corrected chi connectivity index (χ2v) is 13.2. The molecule has 0 unspecified atom stereocenters. The number of hydrogen-bond acceptors (Lipinski definition) is 10. The van der Waals surface area contributed by atoms with Crippen LogP contribution in [0.2, 0.25) is 5.02 Å². The number of ether oxygens (including phenoxy) is 5. The molecule has 1 aliphatic heterocycles. The molecule has 1 fully saturated rings. The zero-order valence-corrected chi connectivity index (χ0v) is 30.1. The summed E-state index contributed by atoms with van der Waals surface area (Å²) >= 11 is 12.3. The molecule has 48 heavy (non-hydrogen) atoms. The zero-order valence-electron chi connectivity index (χ0n) is 28.5. The van der Waals surface area contributed by atoms with E-state index in [1.807, 2.05) is 32.6 Å². The molecule has 0 saturated carbocycles. The minimum Gasteiger partial charge on any atom is -0.496 e. The lowest BCUT2D eigenvalue weighted by molar-refractivity contribution is -0.131. The van der Waals surface area contributed by atoms with Gasteiger partial charge in [0.05, 0.1) is 64.0 Å². The van der Waals surface area contributed by atoms with Crippen LogP contribution in [-0.4, -0.2) is 79.0 Å². The lowest BCUT2D eigenvalue weighted by Gasteiger charge is -2.27. The van der Waals surface area contributed by atoms with E-state index >= 15 is 0 Å². The summed E-state index contributed by atoms with van der Waals surface area (Å²) in [5.74, 6) is 1.77. The minimum absolute atomic E-state index is 0.130. The summed E-state index contributed by atoms with van der Waals surface area (Å²) in [4.78, 5) is 31.6. The third-order valence-electron chi connectivity index (χ3n) is 7.79. The summed E-state index contributed by atoms with van der Waals surface area (Å²) in [6.07, 6.45) is 0.698. The van der Waals surface area contributed by atoms with E-state index in [-0.39, 0.29) is 26.1 Å². The predicted octanol–water partition coefficient (Wildman–Crippen LogP) is 6.23. The molecule has 0 aliphatic carbocycles. The predicted molar refractivity (Wildman–Crippen MR) is 184 cm³/mol. The van der Waals surface area contributed by atoms with Gasteiger partial charge in [0.15, 0.2) is 5.76 Å². The number of amides is 3. The number of nitrogens with zero attached hydrogens (tertiary/aromatic N) is 3. The molecular formula is C34H43ClN4O8S. The van der Waals surface area contributed by atoms with Crippen molar-refractivity contribution < 1.29 is 37.8 Å². The normalized spacial score (nSPS) is 15.9. The molecule has 2 heterocycles. The minimum atomic E-state index is -0.712. The van der Waals surface area contributed by atoms with Gasteiger partial charge in [-0.2, -0.15) is 0 Å². The van der Waals surface area contributed by atoms with Crippen molar-refractivity contribution >= 4 is 40.7 Å². The quantitative estimate of drug-likeness (QED) is 0.216. The highest BCUT2D eigenvalue weighted by Gasteiger charge is 2.38. The highest BCUT2D eigenvalue weighted by molar-refractivity contribution is 7.80. The Hall–Kier alpha value is -4.23. The van der Waals surface area contributed by atoms with Crippen molar-refractivity contribution in [3.05, 3.63) is 58.3 Å². The monoisotopic (exact) mass is 702 g/mol. The van der Waals surface area contributed by atoms with Crippen LogP contribution in [0.1, 0.15) is 57.0 Å². The summed E-state index contributed by atoms with van der Waals surface area (Å²) < 4.78 is 33.7. The number of rotatable bonds is 12. The van der Waals surface area contributed by atoms with E-state index < -0.39 is 29.5 Å². The summed E-state index contributed by atoms with van der Waals surface area (Å²) in [6, 6.07) is 9.17. The molecule has 0 spiro atoms. The van der Waals surface area contributed by atoms with Gasteiger partial charge in [-0.1, -0.05) is 30.7 Å². The van der Waals surface area contributed by atoms with Crippen LogP contribution < -0.4 is 29.0 Å². The highest BCUT2D eigenvalue weighted by atomic mass is 35.5. The van der Waals surface area contributed by atoms with Gasteiger partial charge in [-0.25, -0.2) is 4.79 Å². The van der Waals surface area contributed by atoms with Crippen LogP contribution in [0.5, 0.6) is 28.9 Å². The molecular weight excluding hydrogens is 660 g/mol. The highest BCUT2D eigenvalue weighted by Crippen LogP contribution is 2.36. The van der Waals surface area contributed by atoms with Crippen molar-refractivity contribution in [3.63, 3.8) is 0 Å². The molecule has 0 bridgehead atoms. The van der Waals surface area contributed by atoms with Crippen LogP contribution >= 0.6 is 23.8 Å². The number of carbonyl (C=O) groups is 2. The average molecular weight is 703 g/mol. The van der Waals surface area contributed by atoms with Crippen molar-refractivity contribution in [2.75, 3.05) is 41.5 Å². The molecule has 1 aromatic heterocycles. The second kappa shape index (κ2) is 15.8. The molecule has 3 aromatic rings. The van der Waals surface area contributed by atoms with Crippen LogP contribution in [0, 0.1) is 5.92 Å². The van der Waals surface area contributed by atoms with Crippen molar-refractivity contribution in [2.24, 2.45) is 5.92 Å². The summed E-state index contributed by atoms with van der Waals surface area (Å²) in [5.41, 5.74) is 0.937. The Bertz CT molecular complexity index is 1600. The van der Waals surface area contributed by atoms with Gasteiger partial charge in [0.2, 0.25) is 5.91 Å². The number of urea groups is 1. The number of halogens is 1. The molecule has 12 nitrogen and oxygen atoms in total. The van der Waals surface area contributed by atoms with Gasteiger partial charge in [-0.15, -0.1) is 0 Å². The molecule has 1 aliphatic rings. The van der Waals surface area contributed by atoms with Crippen molar-refractivity contribution in [1.82, 2.24) is 20.3 Å². The smallest absolute Gasteiger partial charge is 0.325 e. The summed E-state index contributed by atoms with van der Waals surface area (Å²) in [6.45, 7) is 7.89.